The van der Waals surface area contributed by atoms with Gasteiger partial charge in [0.15, 0.2) is 0 Å². The van der Waals surface area contributed by atoms with E-state index in [0.717, 1.165) is 30.9 Å². The molecule has 3 rings (SSSR count). The molecule has 2 atom stereocenters. The Morgan fingerprint density at radius 3 is 2.82 bits per heavy atom. The first-order valence-electron chi connectivity index (χ1n) is 8.71. The Bertz CT molecular complexity index is 519. The molecular formula is C17H28N4O. The number of rotatable bonds is 3. The van der Waals surface area contributed by atoms with Gasteiger partial charge in [-0.2, -0.15) is 5.10 Å². The molecule has 2 heterocycles. The van der Waals surface area contributed by atoms with Crippen LogP contribution in [-0.2, 0) is 11.8 Å². The SMILES string of the molecule is C[C@H]1C[C@@H](C(=O)Nc2cc(C3CCCCC3)nn2C)CCN1. The van der Waals surface area contributed by atoms with Gasteiger partial charge in [-0.3, -0.25) is 9.48 Å². The molecule has 22 heavy (non-hydrogen) atoms. The van der Waals surface area contributed by atoms with Crippen molar-refractivity contribution in [3.05, 3.63) is 11.8 Å². The minimum Gasteiger partial charge on any atom is -0.314 e. The first-order chi connectivity index (χ1) is 10.6. The van der Waals surface area contributed by atoms with Gasteiger partial charge in [0.25, 0.3) is 0 Å². The number of nitrogens with one attached hydrogen (secondary N) is 2. The van der Waals surface area contributed by atoms with Gasteiger partial charge in [0.1, 0.15) is 5.82 Å². The normalized spacial score (nSPS) is 26.8. The zero-order chi connectivity index (χ0) is 15.5. The molecule has 122 valence electrons. The molecule has 0 spiro atoms. The third kappa shape index (κ3) is 3.51. The number of aryl methyl sites for hydroxylation is 1. The lowest BCUT2D eigenvalue weighted by atomic mass is 9.87. The molecule has 5 nitrogen and oxygen atoms in total. The van der Waals surface area contributed by atoms with Gasteiger partial charge in [-0.1, -0.05) is 19.3 Å². The largest absolute Gasteiger partial charge is 0.314 e. The zero-order valence-corrected chi connectivity index (χ0v) is 13.8. The summed E-state index contributed by atoms with van der Waals surface area (Å²) in [7, 11) is 1.92. The lowest BCUT2D eigenvalue weighted by molar-refractivity contribution is -0.120. The summed E-state index contributed by atoms with van der Waals surface area (Å²) in [5.41, 5.74) is 1.15. The van der Waals surface area contributed by atoms with Crippen molar-refractivity contribution in [3.8, 4) is 0 Å². The quantitative estimate of drug-likeness (QED) is 0.903. The molecule has 1 aromatic rings. The van der Waals surface area contributed by atoms with Crippen LogP contribution in [0.1, 0.15) is 63.5 Å². The Hall–Kier alpha value is -1.36. The number of amides is 1. The second-order valence-corrected chi connectivity index (χ2v) is 6.98. The number of nitrogens with zero attached hydrogens (tertiary/aromatic N) is 2. The van der Waals surface area contributed by atoms with Crippen molar-refractivity contribution >= 4 is 11.7 Å². The molecule has 2 N–H and O–H groups in total. The van der Waals surface area contributed by atoms with Gasteiger partial charge in [-0.15, -0.1) is 0 Å². The maximum Gasteiger partial charge on any atom is 0.228 e. The fourth-order valence-corrected chi connectivity index (χ4v) is 3.80. The molecule has 0 radical (unpaired) electrons. The molecule has 0 unspecified atom stereocenters. The van der Waals surface area contributed by atoms with Crippen molar-refractivity contribution in [3.63, 3.8) is 0 Å². The van der Waals surface area contributed by atoms with Gasteiger partial charge in [-0.25, -0.2) is 0 Å². The van der Waals surface area contributed by atoms with Gasteiger partial charge in [0, 0.05) is 31.0 Å². The number of carbonyl (C=O) groups is 1. The second kappa shape index (κ2) is 6.82. The van der Waals surface area contributed by atoms with Crippen LogP contribution in [0.3, 0.4) is 0 Å². The molecule has 1 aliphatic carbocycles. The highest BCUT2D eigenvalue weighted by molar-refractivity contribution is 5.91. The van der Waals surface area contributed by atoms with Crippen molar-refractivity contribution in [2.24, 2.45) is 13.0 Å². The molecule has 1 saturated heterocycles. The number of hydrogen-bond donors (Lipinski definition) is 2. The van der Waals surface area contributed by atoms with Crippen LogP contribution in [0.25, 0.3) is 0 Å². The Balaban J connectivity index is 1.64. The third-order valence-corrected chi connectivity index (χ3v) is 5.17. The lowest BCUT2D eigenvalue weighted by Gasteiger charge is -2.27. The fraction of sp³-hybridized carbons (Fsp3) is 0.765. The van der Waals surface area contributed by atoms with Crippen LogP contribution in [-0.4, -0.2) is 28.3 Å². The zero-order valence-electron chi connectivity index (χ0n) is 13.8. The number of hydrogen-bond acceptors (Lipinski definition) is 3. The predicted octanol–water partition coefficient (Wildman–Crippen LogP) is 2.79. The molecule has 1 saturated carbocycles. The predicted molar refractivity (Wildman–Crippen MR) is 87.9 cm³/mol. The standard InChI is InChI=1S/C17H28N4O/c1-12-10-14(8-9-18-12)17(22)19-16-11-15(20-21(16)2)13-6-4-3-5-7-13/h11-14,18H,3-10H2,1-2H3,(H,19,22)/t12-,14-/m0/s1. The molecule has 0 bridgehead atoms. The molecule has 2 aliphatic rings. The maximum absolute atomic E-state index is 12.5. The summed E-state index contributed by atoms with van der Waals surface area (Å²) in [6.07, 6.45) is 8.25. The lowest BCUT2D eigenvalue weighted by Crippen LogP contribution is -2.40. The molecule has 1 aliphatic heterocycles. The van der Waals surface area contributed by atoms with Crippen LogP contribution in [0.4, 0.5) is 5.82 Å². The Morgan fingerprint density at radius 1 is 1.32 bits per heavy atom. The number of carbonyl (C=O) groups excluding carboxylic acids is 1. The molecular weight excluding hydrogens is 276 g/mol. The van der Waals surface area contributed by atoms with E-state index in [1.807, 2.05) is 11.7 Å². The van der Waals surface area contributed by atoms with E-state index in [1.165, 1.54) is 32.1 Å². The smallest absolute Gasteiger partial charge is 0.228 e. The summed E-state index contributed by atoms with van der Waals surface area (Å²) in [6, 6.07) is 2.51. The van der Waals surface area contributed by atoms with Gasteiger partial charge in [-0.05, 0) is 39.2 Å². The average Bonchev–Trinajstić information content (AvgIpc) is 2.89. The topological polar surface area (TPSA) is 59.0 Å². The molecule has 5 heteroatoms. The summed E-state index contributed by atoms with van der Waals surface area (Å²) in [5.74, 6) is 1.68. The summed E-state index contributed by atoms with van der Waals surface area (Å²) < 4.78 is 1.83. The van der Waals surface area contributed by atoms with Gasteiger partial charge >= 0.3 is 0 Å². The summed E-state index contributed by atoms with van der Waals surface area (Å²) in [6.45, 7) is 3.07. The number of anilines is 1. The number of piperidine rings is 1. The highest BCUT2D eigenvalue weighted by atomic mass is 16.2. The Labute approximate surface area is 132 Å². The van der Waals surface area contributed by atoms with Crippen molar-refractivity contribution in [1.29, 1.82) is 0 Å². The summed E-state index contributed by atoms with van der Waals surface area (Å²) in [5, 5.41) is 11.1. The fourth-order valence-electron chi connectivity index (χ4n) is 3.80. The number of aromatic nitrogens is 2. The van der Waals surface area contributed by atoms with Crippen LogP contribution in [0.5, 0.6) is 0 Å². The van der Waals surface area contributed by atoms with E-state index in [0.29, 0.717) is 12.0 Å². The van der Waals surface area contributed by atoms with E-state index in [-0.39, 0.29) is 11.8 Å². The van der Waals surface area contributed by atoms with Gasteiger partial charge in [0.05, 0.1) is 5.69 Å². The van der Waals surface area contributed by atoms with Crippen LogP contribution < -0.4 is 10.6 Å². The first kappa shape index (κ1) is 15.5. The van der Waals surface area contributed by atoms with Crippen molar-refractivity contribution in [1.82, 2.24) is 15.1 Å². The third-order valence-electron chi connectivity index (χ3n) is 5.17. The van der Waals surface area contributed by atoms with E-state index in [4.69, 9.17) is 0 Å². The highest BCUT2D eigenvalue weighted by Crippen LogP contribution is 2.33. The molecule has 2 fully saturated rings. The summed E-state index contributed by atoms with van der Waals surface area (Å²) in [4.78, 5) is 12.5. The monoisotopic (exact) mass is 304 g/mol. The van der Waals surface area contributed by atoms with Crippen molar-refractivity contribution in [2.75, 3.05) is 11.9 Å². The van der Waals surface area contributed by atoms with Crippen LogP contribution >= 0.6 is 0 Å². The van der Waals surface area contributed by atoms with Crippen molar-refractivity contribution in [2.45, 2.75) is 63.8 Å². The highest BCUT2D eigenvalue weighted by Gasteiger charge is 2.26. The van der Waals surface area contributed by atoms with Crippen LogP contribution in [0, 0.1) is 5.92 Å². The molecule has 0 aromatic carbocycles. The van der Waals surface area contributed by atoms with Gasteiger partial charge in [0.2, 0.25) is 5.91 Å². The van der Waals surface area contributed by atoms with E-state index in [2.05, 4.69) is 28.7 Å². The van der Waals surface area contributed by atoms with Crippen LogP contribution in [0.2, 0.25) is 0 Å². The van der Waals surface area contributed by atoms with Crippen LogP contribution in [0.15, 0.2) is 6.07 Å². The molecule has 1 amide bonds. The maximum atomic E-state index is 12.5. The Morgan fingerprint density at radius 2 is 2.09 bits per heavy atom. The minimum atomic E-state index is 0.115. The van der Waals surface area contributed by atoms with E-state index < -0.39 is 0 Å². The van der Waals surface area contributed by atoms with E-state index in [1.54, 1.807) is 0 Å². The minimum absolute atomic E-state index is 0.115. The first-order valence-corrected chi connectivity index (χ1v) is 8.71. The van der Waals surface area contributed by atoms with Crippen molar-refractivity contribution < 1.29 is 4.79 Å². The molecule has 1 aromatic heterocycles. The Kier molecular flexibility index (Phi) is 4.81. The van der Waals surface area contributed by atoms with Gasteiger partial charge < -0.3 is 10.6 Å². The van der Waals surface area contributed by atoms with E-state index in [9.17, 15) is 4.79 Å². The van der Waals surface area contributed by atoms with E-state index >= 15 is 0 Å². The second-order valence-electron chi connectivity index (χ2n) is 6.98. The average molecular weight is 304 g/mol. The summed E-state index contributed by atoms with van der Waals surface area (Å²) >= 11 is 0.